The largest absolute Gasteiger partial charge is 0.462 e. The van der Waals surface area contributed by atoms with Gasteiger partial charge < -0.3 is 9.47 Å². The molecule has 0 aromatic heterocycles. The highest BCUT2D eigenvalue weighted by molar-refractivity contribution is 7.90. The molecule has 0 spiro atoms. The molecule has 3 aromatic carbocycles. The van der Waals surface area contributed by atoms with E-state index in [2.05, 4.69) is 5.32 Å². The molecule has 186 valence electrons. The average Bonchev–Trinajstić information content (AvgIpc) is 3.28. The summed E-state index contributed by atoms with van der Waals surface area (Å²) in [6.07, 6.45) is 1.37. The maximum Gasteiger partial charge on any atom is 0.412 e. The van der Waals surface area contributed by atoms with E-state index in [4.69, 9.17) is 9.47 Å². The number of esters is 1. The monoisotopic (exact) mass is 505 g/mol. The summed E-state index contributed by atoms with van der Waals surface area (Å²) in [4.78, 5) is 24.8. The number of ether oxygens (including phenoxy) is 2. The molecule has 1 unspecified atom stereocenters. The van der Waals surface area contributed by atoms with Gasteiger partial charge >= 0.3 is 12.1 Å². The highest BCUT2D eigenvalue weighted by atomic mass is 32.2. The lowest BCUT2D eigenvalue weighted by atomic mass is 9.96. The first-order valence-electron chi connectivity index (χ1n) is 11.6. The smallest absolute Gasteiger partial charge is 0.412 e. The van der Waals surface area contributed by atoms with Crippen molar-refractivity contribution in [3.05, 3.63) is 95.6 Å². The average molecular weight is 506 g/mol. The SMILES string of the molecule is CCOC(=O)c1ccc(NC(=O)OC2CCC(c3ccc(S(C)(=O)=O)cc3)=C2c2ccccc2)cc1. The zero-order valence-electron chi connectivity index (χ0n) is 20.1. The van der Waals surface area contributed by atoms with E-state index in [1.54, 1.807) is 55.5 Å². The number of allylic oxidation sites excluding steroid dienone is 1. The number of benzene rings is 3. The fraction of sp³-hybridized carbons (Fsp3) is 0.214. The van der Waals surface area contributed by atoms with Gasteiger partial charge in [-0.2, -0.15) is 0 Å². The molecule has 1 aliphatic carbocycles. The first-order chi connectivity index (χ1) is 17.3. The minimum absolute atomic E-state index is 0.257. The zero-order chi connectivity index (χ0) is 25.7. The molecule has 4 rings (SSSR count). The molecule has 0 radical (unpaired) electrons. The summed E-state index contributed by atoms with van der Waals surface area (Å²) in [6, 6.07) is 22.9. The predicted molar refractivity (Wildman–Crippen MR) is 138 cm³/mol. The van der Waals surface area contributed by atoms with Gasteiger partial charge in [-0.3, -0.25) is 5.32 Å². The summed E-state index contributed by atoms with van der Waals surface area (Å²) in [5, 5.41) is 2.72. The van der Waals surface area contributed by atoms with E-state index in [-0.39, 0.29) is 11.5 Å². The molecule has 0 bridgehead atoms. The van der Waals surface area contributed by atoms with Crippen molar-refractivity contribution in [2.24, 2.45) is 0 Å². The van der Waals surface area contributed by atoms with E-state index in [0.29, 0.717) is 24.1 Å². The van der Waals surface area contributed by atoms with Crippen LogP contribution >= 0.6 is 0 Å². The Morgan fingerprint density at radius 3 is 2.19 bits per heavy atom. The Labute approximate surface area is 210 Å². The van der Waals surface area contributed by atoms with Crippen LogP contribution in [0.2, 0.25) is 0 Å². The van der Waals surface area contributed by atoms with Gasteiger partial charge in [0, 0.05) is 17.5 Å². The number of hydrogen-bond donors (Lipinski definition) is 1. The molecule has 1 amide bonds. The van der Waals surface area contributed by atoms with Crippen LogP contribution in [0.5, 0.6) is 0 Å². The first kappa shape index (κ1) is 25.2. The van der Waals surface area contributed by atoms with Crippen molar-refractivity contribution in [3.63, 3.8) is 0 Å². The maximum absolute atomic E-state index is 12.8. The van der Waals surface area contributed by atoms with Crippen LogP contribution in [0.15, 0.2) is 83.8 Å². The van der Waals surface area contributed by atoms with Gasteiger partial charge in [-0.05, 0) is 72.9 Å². The minimum Gasteiger partial charge on any atom is -0.462 e. The van der Waals surface area contributed by atoms with E-state index in [9.17, 15) is 18.0 Å². The molecule has 3 aromatic rings. The third-order valence-corrected chi connectivity index (χ3v) is 7.04. The molecule has 0 aliphatic heterocycles. The number of amides is 1. The molecule has 0 heterocycles. The Bertz CT molecular complexity index is 1380. The van der Waals surface area contributed by atoms with Crippen LogP contribution in [0.3, 0.4) is 0 Å². The maximum atomic E-state index is 12.8. The number of hydrogen-bond acceptors (Lipinski definition) is 6. The van der Waals surface area contributed by atoms with Crippen LogP contribution in [-0.4, -0.2) is 39.4 Å². The minimum atomic E-state index is -3.30. The number of nitrogens with one attached hydrogen (secondary N) is 1. The Kier molecular flexibility index (Phi) is 7.55. The molecule has 1 atom stereocenters. The lowest BCUT2D eigenvalue weighted by molar-refractivity contribution is 0.0526. The van der Waals surface area contributed by atoms with Gasteiger partial charge in [-0.25, -0.2) is 18.0 Å². The fourth-order valence-electron chi connectivity index (χ4n) is 4.23. The van der Waals surface area contributed by atoms with Gasteiger partial charge in [0.15, 0.2) is 9.84 Å². The highest BCUT2D eigenvalue weighted by Gasteiger charge is 2.30. The topological polar surface area (TPSA) is 98.8 Å². The van der Waals surface area contributed by atoms with Gasteiger partial charge in [0.25, 0.3) is 0 Å². The van der Waals surface area contributed by atoms with Crippen molar-refractivity contribution in [2.45, 2.75) is 30.8 Å². The summed E-state index contributed by atoms with van der Waals surface area (Å²) >= 11 is 0. The third kappa shape index (κ3) is 5.83. The summed E-state index contributed by atoms with van der Waals surface area (Å²) in [7, 11) is -3.30. The van der Waals surface area contributed by atoms with Crippen LogP contribution in [0.1, 0.15) is 41.3 Å². The fourth-order valence-corrected chi connectivity index (χ4v) is 4.86. The molecule has 36 heavy (non-hydrogen) atoms. The van der Waals surface area contributed by atoms with Crippen molar-refractivity contribution < 1.29 is 27.5 Å². The number of anilines is 1. The van der Waals surface area contributed by atoms with E-state index in [1.807, 2.05) is 30.3 Å². The predicted octanol–water partition coefficient (Wildman–Crippen LogP) is 5.59. The third-order valence-electron chi connectivity index (χ3n) is 5.91. The molecular weight excluding hydrogens is 478 g/mol. The molecule has 0 saturated heterocycles. The summed E-state index contributed by atoms with van der Waals surface area (Å²) in [5.41, 5.74) is 4.63. The molecule has 1 aliphatic rings. The van der Waals surface area contributed by atoms with Crippen molar-refractivity contribution in [2.75, 3.05) is 18.2 Å². The van der Waals surface area contributed by atoms with E-state index in [0.717, 1.165) is 22.3 Å². The normalized spacial score (nSPS) is 15.4. The van der Waals surface area contributed by atoms with Gasteiger partial charge in [-0.15, -0.1) is 0 Å². The first-order valence-corrected chi connectivity index (χ1v) is 13.5. The standard InChI is InChI=1S/C28H27NO6S/c1-3-34-27(30)21-9-13-22(14-10-21)29-28(31)35-25-18-17-24(26(25)20-7-5-4-6-8-20)19-11-15-23(16-12-19)36(2,32)33/h4-16,25H,3,17-18H2,1-2H3,(H,29,31). The van der Waals surface area contributed by atoms with Gasteiger partial charge in [0.1, 0.15) is 6.10 Å². The Hall–Kier alpha value is -3.91. The number of carbonyl (C=O) groups is 2. The summed E-state index contributed by atoms with van der Waals surface area (Å²) in [6.45, 7) is 2.02. The van der Waals surface area contributed by atoms with Crippen molar-refractivity contribution >= 4 is 38.7 Å². The van der Waals surface area contributed by atoms with Gasteiger partial charge in [0.2, 0.25) is 0 Å². The second kappa shape index (κ2) is 10.8. The van der Waals surface area contributed by atoms with Crippen LogP contribution in [0.25, 0.3) is 11.1 Å². The summed E-state index contributed by atoms with van der Waals surface area (Å²) in [5.74, 6) is -0.424. The van der Waals surface area contributed by atoms with Gasteiger partial charge in [0.05, 0.1) is 17.1 Å². The van der Waals surface area contributed by atoms with E-state index < -0.39 is 28.0 Å². The summed E-state index contributed by atoms with van der Waals surface area (Å²) < 4.78 is 34.5. The van der Waals surface area contributed by atoms with Crippen LogP contribution in [-0.2, 0) is 19.3 Å². The zero-order valence-corrected chi connectivity index (χ0v) is 20.9. The Morgan fingerprint density at radius 2 is 1.58 bits per heavy atom. The molecule has 7 nitrogen and oxygen atoms in total. The Balaban J connectivity index is 1.55. The quantitative estimate of drug-likeness (QED) is 0.421. The van der Waals surface area contributed by atoms with Crippen LogP contribution in [0.4, 0.5) is 10.5 Å². The highest BCUT2D eigenvalue weighted by Crippen LogP contribution is 2.41. The second-order valence-electron chi connectivity index (χ2n) is 8.41. The van der Waals surface area contributed by atoms with E-state index >= 15 is 0 Å². The molecule has 8 heteroatoms. The Morgan fingerprint density at radius 1 is 0.917 bits per heavy atom. The number of rotatable bonds is 7. The second-order valence-corrected chi connectivity index (χ2v) is 10.4. The van der Waals surface area contributed by atoms with Crippen molar-refractivity contribution in [3.8, 4) is 0 Å². The molecule has 0 saturated carbocycles. The number of sulfone groups is 1. The molecule has 1 N–H and O–H groups in total. The molecular formula is C28H27NO6S. The molecule has 0 fully saturated rings. The van der Waals surface area contributed by atoms with E-state index in [1.165, 1.54) is 6.26 Å². The lowest BCUT2D eigenvalue weighted by Gasteiger charge is -2.18. The van der Waals surface area contributed by atoms with Crippen molar-refractivity contribution in [1.82, 2.24) is 0 Å². The van der Waals surface area contributed by atoms with Crippen LogP contribution in [0, 0.1) is 0 Å². The van der Waals surface area contributed by atoms with Crippen LogP contribution < -0.4 is 5.32 Å². The lowest BCUT2D eigenvalue weighted by Crippen LogP contribution is -2.22. The van der Waals surface area contributed by atoms with Gasteiger partial charge in [-0.1, -0.05) is 42.5 Å². The number of carbonyl (C=O) groups excluding carboxylic acids is 2. The van der Waals surface area contributed by atoms with Crippen molar-refractivity contribution in [1.29, 1.82) is 0 Å².